The van der Waals surface area contributed by atoms with E-state index >= 15 is 0 Å². The quantitative estimate of drug-likeness (QED) is 0.167. The maximum Gasteiger partial charge on any atom is 3.00 e. The Morgan fingerprint density at radius 3 is 1.36 bits per heavy atom. The molecule has 7 aromatic rings. The Morgan fingerprint density at radius 1 is 0.467 bits per heavy atom. The summed E-state index contributed by atoms with van der Waals surface area (Å²) in [5.74, 6) is 0. The zero-order valence-corrected chi connectivity index (χ0v) is 27.8. The molecule has 0 aliphatic carbocycles. The topological polar surface area (TPSA) is 38.7 Å². The number of pyridine rings is 3. The van der Waals surface area contributed by atoms with Crippen LogP contribution in [0.4, 0.5) is 0 Å². The summed E-state index contributed by atoms with van der Waals surface area (Å²) in [5.41, 5.74) is 7.76. The minimum atomic E-state index is 0. The van der Waals surface area contributed by atoms with Crippen LogP contribution in [0, 0.1) is 18.2 Å². The Kier molecular flexibility index (Phi) is 13.2. The Balaban J connectivity index is 0.000000160. The number of benzene rings is 4. The fraction of sp³-hybridized carbons (Fsp3) is 0. The largest absolute Gasteiger partial charge is 3.00 e. The van der Waals surface area contributed by atoms with Crippen molar-refractivity contribution in [3.05, 3.63) is 186 Å². The Labute approximate surface area is 288 Å². The first-order valence-corrected chi connectivity index (χ1v) is 14.6. The molecule has 0 N–H and O–H groups in total. The Bertz CT molecular complexity index is 1690. The predicted octanol–water partition coefficient (Wildman–Crippen LogP) is 10.6. The standard InChI is InChI=1S/C17H10Cl2N.2C11H8N.Ir/c18-14-8-9-16(19)15(11-14)12-4-6-13(7-5-12)17-3-1-2-10-20-17;2*1-2-6-10(7-3-1)11-8-4-5-9-12-11;/h1-6,8-11H;2*1-6,8-9H;/q3*-1;+3. The van der Waals surface area contributed by atoms with Crippen LogP contribution in [0.2, 0.25) is 10.0 Å². The molecule has 7 rings (SSSR count). The van der Waals surface area contributed by atoms with Gasteiger partial charge in [-0.2, -0.15) is 0 Å². The summed E-state index contributed by atoms with van der Waals surface area (Å²) in [7, 11) is 0. The van der Waals surface area contributed by atoms with Gasteiger partial charge in [0.15, 0.2) is 0 Å². The van der Waals surface area contributed by atoms with Crippen LogP contribution in [0.3, 0.4) is 0 Å². The fourth-order valence-corrected chi connectivity index (χ4v) is 4.54. The molecule has 220 valence electrons. The molecule has 0 fully saturated rings. The minimum Gasteiger partial charge on any atom is -0.305 e. The number of aromatic nitrogens is 3. The summed E-state index contributed by atoms with van der Waals surface area (Å²) in [6.07, 6.45) is 5.34. The minimum absolute atomic E-state index is 0. The molecule has 4 aromatic carbocycles. The van der Waals surface area contributed by atoms with Crippen LogP contribution < -0.4 is 0 Å². The van der Waals surface area contributed by atoms with Crippen LogP contribution in [0.1, 0.15) is 0 Å². The van der Waals surface area contributed by atoms with Crippen molar-refractivity contribution in [3.8, 4) is 44.9 Å². The van der Waals surface area contributed by atoms with Gasteiger partial charge in [-0.3, -0.25) is 0 Å². The maximum atomic E-state index is 6.20. The number of halogens is 2. The summed E-state index contributed by atoms with van der Waals surface area (Å²) in [6.45, 7) is 0. The van der Waals surface area contributed by atoms with Gasteiger partial charge in [-0.1, -0.05) is 65.2 Å². The van der Waals surface area contributed by atoms with Crippen molar-refractivity contribution in [3.63, 3.8) is 0 Å². The van der Waals surface area contributed by atoms with Crippen molar-refractivity contribution < 1.29 is 20.1 Å². The van der Waals surface area contributed by atoms with Gasteiger partial charge >= 0.3 is 20.1 Å². The maximum absolute atomic E-state index is 6.20. The van der Waals surface area contributed by atoms with Gasteiger partial charge in [0.1, 0.15) is 0 Å². The molecule has 0 aliphatic rings. The van der Waals surface area contributed by atoms with E-state index in [2.05, 4.69) is 33.2 Å². The van der Waals surface area contributed by atoms with E-state index in [4.69, 9.17) is 23.2 Å². The second kappa shape index (κ2) is 17.8. The van der Waals surface area contributed by atoms with E-state index in [1.54, 1.807) is 30.7 Å². The molecule has 0 bridgehead atoms. The number of nitrogens with zero attached hydrogens (tertiary/aromatic N) is 3. The summed E-state index contributed by atoms with van der Waals surface area (Å²) in [6, 6.07) is 54.0. The van der Waals surface area contributed by atoms with Gasteiger partial charge in [0.2, 0.25) is 0 Å². The second-order valence-corrected chi connectivity index (χ2v) is 10.2. The number of hydrogen-bond acceptors (Lipinski definition) is 3. The molecule has 45 heavy (non-hydrogen) atoms. The van der Waals surface area contributed by atoms with Gasteiger partial charge in [-0.15, -0.1) is 102 Å². The van der Waals surface area contributed by atoms with Crippen molar-refractivity contribution in [2.24, 2.45) is 0 Å². The third-order valence-electron chi connectivity index (χ3n) is 6.29. The fourth-order valence-electron chi connectivity index (χ4n) is 4.14. The van der Waals surface area contributed by atoms with Crippen LogP contribution in [0.5, 0.6) is 0 Å². The van der Waals surface area contributed by atoms with Crippen LogP contribution in [0.15, 0.2) is 158 Å². The zero-order chi connectivity index (χ0) is 30.4. The van der Waals surface area contributed by atoms with Crippen molar-refractivity contribution in [1.82, 2.24) is 15.0 Å². The molecule has 0 aliphatic heterocycles. The van der Waals surface area contributed by atoms with Gasteiger partial charge < -0.3 is 15.0 Å². The van der Waals surface area contributed by atoms with Crippen LogP contribution in [0.25, 0.3) is 44.9 Å². The van der Waals surface area contributed by atoms with Crippen LogP contribution in [-0.4, -0.2) is 15.0 Å². The molecule has 3 heterocycles. The van der Waals surface area contributed by atoms with Crippen LogP contribution >= 0.6 is 23.2 Å². The monoisotopic (exact) mass is 799 g/mol. The average Bonchev–Trinajstić information content (AvgIpc) is 3.12. The smallest absolute Gasteiger partial charge is 0.305 e. The van der Waals surface area contributed by atoms with Crippen LogP contribution in [-0.2, 0) is 20.1 Å². The summed E-state index contributed by atoms with van der Waals surface area (Å²) in [5, 5.41) is 1.34. The number of rotatable bonds is 4. The summed E-state index contributed by atoms with van der Waals surface area (Å²) < 4.78 is 0. The van der Waals surface area contributed by atoms with E-state index in [-0.39, 0.29) is 20.1 Å². The average molecular weight is 800 g/mol. The first-order chi connectivity index (χ1) is 21.7. The molecule has 3 nitrogen and oxygen atoms in total. The Morgan fingerprint density at radius 2 is 0.956 bits per heavy atom. The van der Waals surface area contributed by atoms with E-state index in [1.165, 1.54) is 0 Å². The molecular formula is C39H26Cl2IrN3. The van der Waals surface area contributed by atoms with Gasteiger partial charge in [-0.05, 0) is 59.0 Å². The molecule has 0 atom stereocenters. The van der Waals surface area contributed by atoms with Crippen molar-refractivity contribution in [2.75, 3.05) is 0 Å². The van der Waals surface area contributed by atoms with Gasteiger partial charge in [0, 0.05) is 28.6 Å². The first kappa shape index (κ1) is 33.5. The molecule has 0 amide bonds. The molecule has 0 unspecified atom stereocenters. The molecule has 0 radical (unpaired) electrons. The molecule has 6 heteroatoms. The molecule has 0 saturated heterocycles. The van der Waals surface area contributed by atoms with E-state index in [0.29, 0.717) is 10.0 Å². The van der Waals surface area contributed by atoms with E-state index in [9.17, 15) is 0 Å². The van der Waals surface area contributed by atoms with E-state index in [1.807, 2.05) is 127 Å². The molecular weight excluding hydrogens is 774 g/mol. The molecule has 0 spiro atoms. The predicted molar refractivity (Wildman–Crippen MR) is 181 cm³/mol. The zero-order valence-electron chi connectivity index (χ0n) is 23.9. The van der Waals surface area contributed by atoms with E-state index in [0.717, 1.165) is 44.9 Å². The van der Waals surface area contributed by atoms with Gasteiger partial charge in [-0.25, -0.2) is 0 Å². The second-order valence-electron chi connectivity index (χ2n) is 9.31. The summed E-state index contributed by atoms with van der Waals surface area (Å²) >= 11 is 12.2. The third-order valence-corrected chi connectivity index (χ3v) is 6.86. The third kappa shape index (κ3) is 10.0. The molecule has 0 saturated carbocycles. The van der Waals surface area contributed by atoms with Crippen molar-refractivity contribution in [1.29, 1.82) is 0 Å². The SMILES string of the molecule is Clc1ccc(Cl)c(-c2c[c-]c(-c3ccccn3)cc2)c1.[Ir+3].[c-]1ccccc1-c1ccccn1.[c-]1ccccc1-c1ccccn1. The number of hydrogen-bond donors (Lipinski definition) is 0. The normalized spacial score (nSPS) is 9.82. The van der Waals surface area contributed by atoms with Gasteiger partial charge in [0.25, 0.3) is 0 Å². The van der Waals surface area contributed by atoms with Crippen molar-refractivity contribution in [2.45, 2.75) is 0 Å². The van der Waals surface area contributed by atoms with E-state index < -0.39 is 0 Å². The van der Waals surface area contributed by atoms with Gasteiger partial charge in [0.05, 0.1) is 0 Å². The summed E-state index contributed by atoms with van der Waals surface area (Å²) in [4.78, 5) is 12.7. The first-order valence-electron chi connectivity index (χ1n) is 13.8. The Hall–Kier alpha value is -4.44. The van der Waals surface area contributed by atoms with Crippen molar-refractivity contribution >= 4 is 23.2 Å². The molecule has 3 aromatic heterocycles.